The molecule has 0 saturated heterocycles. The Morgan fingerprint density at radius 2 is 1.64 bits per heavy atom. The monoisotopic (exact) mass is 385 g/mol. The Balaban J connectivity index is 3.43. The highest BCUT2D eigenvalue weighted by Gasteiger charge is 2.68. The number of carbonyl (C=O) groups excluding carboxylic acids is 1. The number of esters is 1. The van der Waals surface area contributed by atoms with Crippen LogP contribution in [0.25, 0.3) is 0 Å². The van der Waals surface area contributed by atoms with Gasteiger partial charge in [-0.2, -0.15) is 18.3 Å². The molecule has 0 aliphatic rings. The summed E-state index contributed by atoms with van der Waals surface area (Å²) in [7, 11) is -3.80. The molecule has 0 aliphatic heterocycles. The van der Waals surface area contributed by atoms with Crippen LogP contribution in [0.5, 0.6) is 5.75 Å². The molecule has 25 heavy (non-hydrogen) atoms. The normalized spacial score (nSPS) is 14.6. The van der Waals surface area contributed by atoms with Crippen molar-refractivity contribution >= 4 is 13.7 Å². The molecule has 1 atom stereocenters. The SMILES string of the molecule is CCOP(=O)(NC(Oc1ccccc1)(C(=O)OC)C(F)(F)F)OCC. The number of alkyl halides is 3. The maximum atomic E-state index is 13.8. The van der Waals surface area contributed by atoms with E-state index in [1.54, 1.807) is 11.2 Å². The zero-order valence-electron chi connectivity index (χ0n) is 13.8. The minimum absolute atomic E-state index is 0.231. The highest BCUT2D eigenvalue weighted by Crippen LogP contribution is 2.49. The predicted molar refractivity (Wildman–Crippen MR) is 81.9 cm³/mol. The molecule has 0 aliphatic carbocycles. The van der Waals surface area contributed by atoms with E-state index in [2.05, 4.69) is 4.74 Å². The summed E-state index contributed by atoms with van der Waals surface area (Å²) in [6, 6.07) is 6.73. The Bertz CT molecular complexity index is 602. The molecular weight excluding hydrogens is 366 g/mol. The van der Waals surface area contributed by atoms with Crippen LogP contribution in [-0.4, -0.2) is 38.2 Å². The van der Waals surface area contributed by atoms with Gasteiger partial charge in [-0.3, -0.25) is 9.05 Å². The Hall–Kier alpha value is -1.61. The topological polar surface area (TPSA) is 83.1 Å². The second kappa shape index (κ2) is 8.66. The summed E-state index contributed by atoms with van der Waals surface area (Å²) in [5.74, 6) is -2.17. The molecule has 0 heterocycles. The van der Waals surface area contributed by atoms with E-state index >= 15 is 0 Å². The van der Waals surface area contributed by atoms with Gasteiger partial charge in [-0.25, -0.2) is 9.36 Å². The molecular formula is C14H19F3NO6P. The number of ether oxygens (including phenoxy) is 2. The minimum atomic E-state index is -5.35. The molecule has 0 fully saturated rings. The van der Waals surface area contributed by atoms with Gasteiger partial charge < -0.3 is 9.47 Å². The minimum Gasteiger partial charge on any atom is -0.465 e. The van der Waals surface area contributed by atoms with Crippen LogP contribution in [0.1, 0.15) is 13.8 Å². The average Bonchev–Trinajstić information content (AvgIpc) is 2.53. The number of hydrogen-bond acceptors (Lipinski definition) is 6. The fourth-order valence-corrected chi connectivity index (χ4v) is 3.32. The summed E-state index contributed by atoms with van der Waals surface area (Å²) in [5, 5.41) is 1.57. The van der Waals surface area contributed by atoms with Gasteiger partial charge in [-0.1, -0.05) is 18.2 Å². The first-order chi connectivity index (χ1) is 11.6. The van der Waals surface area contributed by atoms with Crippen LogP contribution in [-0.2, 0) is 23.1 Å². The predicted octanol–water partition coefficient (Wildman–Crippen LogP) is 3.27. The Kier molecular flexibility index (Phi) is 7.43. The van der Waals surface area contributed by atoms with Crippen molar-refractivity contribution in [1.82, 2.24) is 5.09 Å². The Morgan fingerprint density at radius 1 is 1.12 bits per heavy atom. The van der Waals surface area contributed by atoms with Crippen LogP contribution in [0, 0.1) is 0 Å². The van der Waals surface area contributed by atoms with Crippen LogP contribution in [0.2, 0.25) is 0 Å². The first-order valence-corrected chi connectivity index (χ1v) is 8.76. The van der Waals surface area contributed by atoms with Crippen molar-refractivity contribution in [3.05, 3.63) is 30.3 Å². The number of benzene rings is 1. The second-order valence-electron chi connectivity index (χ2n) is 4.53. The highest BCUT2D eigenvalue weighted by molar-refractivity contribution is 7.51. The third kappa shape index (κ3) is 5.18. The summed E-state index contributed by atoms with van der Waals surface area (Å²) < 4.78 is 72.6. The summed E-state index contributed by atoms with van der Waals surface area (Å²) in [6.07, 6.45) is -5.35. The largest absolute Gasteiger partial charge is 0.465 e. The molecule has 142 valence electrons. The number of methoxy groups -OCH3 is 1. The van der Waals surface area contributed by atoms with Gasteiger partial charge in [-0.05, 0) is 26.0 Å². The third-order valence-corrected chi connectivity index (χ3v) is 4.56. The van der Waals surface area contributed by atoms with Gasteiger partial charge in [0.25, 0.3) is 0 Å². The van der Waals surface area contributed by atoms with E-state index in [1.165, 1.54) is 38.1 Å². The van der Waals surface area contributed by atoms with E-state index < -0.39 is 25.6 Å². The maximum absolute atomic E-state index is 13.8. The zero-order valence-corrected chi connectivity index (χ0v) is 14.7. The van der Waals surface area contributed by atoms with Crippen molar-refractivity contribution in [2.75, 3.05) is 20.3 Å². The van der Waals surface area contributed by atoms with E-state index in [0.29, 0.717) is 0 Å². The number of halogens is 3. The van der Waals surface area contributed by atoms with Gasteiger partial charge in [0.2, 0.25) is 0 Å². The summed E-state index contributed by atoms with van der Waals surface area (Å²) in [5.41, 5.74) is -3.79. The average molecular weight is 385 g/mol. The van der Waals surface area contributed by atoms with Gasteiger partial charge in [0.05, 0.1) is 20.3 Å². The first kappa shape index (κ1) is 21.4. The van der Waals surface area contributed by atoms with Crippen molar-refractivity contribution < 1.29 is 41.1 Å². The summed E-state index contributed by atoms with van der Waals surface area (Å²) >= 11 is 0. The number of nitrogens with one attached hydrogen (secondary N) is 1. The Labute approximate surface area is 143 Å². The number of carbonyl (C=O) groups is 1. The third-order valence-electron chi connectivity index (χ3n) is 2.78. The van der Waals surface area contributed by atoms with Crippen molar-refractivity contribution in [2.24, 2.45) is 0 Å². The van der Waals surface area contributed by atoms with Crippen LogP contribution in [0.4, 0.5) is 13.2 Å². The van der Waals surface area contributed by atoms with Crippen molar-refractivity contribution in [2.45, 2.75) is 25.7 Å². The van der Waals surface area contributed by atoms with Gasteiger partial charge in [0.1, 0.15) is 5.75 Å². The smallest absolute Gasteiger partial charge is 0.455 e. The standard InChI is InChI=1S/C14H19F3NO6P/c1-4-22-25(20,23-5-2)18-13(12(19)21-3,14(15,16)17)24-11-9-7-6-8-10-11/h6-10H,4-5H2,1-3H3,(H,18,20). The molecule has 0 spiro atoms. The summed E-state index contributed by atoms with van der Waals surface area (Å²) in [6.45, 7) is 2.34. The second-order valence-corrected chi connectivity index (χ2v) is 6.27. The fraction of sp³-hybridized carbons (Fsp3) is 0.500. The molecule has 0 saturated carbocycles. The lowest BCUT2D eigenvalue weighted by molar-refractivity contribution is -0.257. The number of hydrogen-bond donors (Lipinski definition) is 1. The Morgan fingerprint density at radius 3 is 2.04 bits per heavy atom. The lowest BCUT2D eigenvalue weighted by atomic mass is 10.2. The van der Waals surface area contributed by atoms with Gasteiger partial charge >= 0.3 is 25.6 Å². The molecule has 1 aromatic rings. The van der Waals surface area contributed by atoms with E-state index in [0.717, 1.165) is 7.11 Å². The molecule has 1 rings (SSSR count). The highest BCUT2D eigenvalue weighted by atomic mass is 31.2. The van der Waals surface area contributed by atoms with Crippen LogP contribution in [0.3, 0.4) is 0 Å². The van der Waals surface area contributed by atoms with Crippen LogP contribution >= 0.6 is 7.75 Å². The van der Waals surface area contributed by atoms with E-state index in [4.69, 9.17) is 13.8 Å². The fourth-order valence-electron chi connectivity index (χ4n) is 1.79. The lowest BCUT2D eigenvalue weighted by Crippen LogP contribution is -2.65. The molecule has 0 radical (unpaired) electrons. The molecule has 0 bridgehead atoms. The number of rotatable bonds is 9. The zero-order chi connectivity index (χ0) is 19.1. The molecule has 0 amide bonds. The molecule has 0 aromatic heterocycles. The number of para-hydroxylation sites is 1. The van der Waals surface area contributed by atoms with Crippen molar-refractivity contribution in [3.8, 4) is 5.75 Å². The van der Waals surface area contributed by atoms with Crippen LogP contribution in [0.15, 0.2) is 30.3 Å². The molecule has 1 N–H and O–H groups in total. The molecule has 1 unspecified atom stereocenters. The van der Waals surface area contributed by atoms with Gasteiger partial charge in [-0.15, -0.1) is 0 Å². The van der Waals surface area contributed by atoms with E-state index in [9.17, 15) is 22.5 Å². The summed E-state index contributed by atoms with van der Waals surface area (Å²) in [4.78, 5) is 12.0. The molecule has 7 nitrogen and oxygen atoms in total. The quantitative estimate of drug-likeness (QED) is 0.397. The van der Waals surface area contributed by atoms with Crippen molar-refractivity contribution in [3.63, 3.8) is 0 Å². The van der Waals surface area contributed by atoms with Gasteiger partial charge in [0.15, 0.2) is 0 Å². The van der Waals surface area contributed by atoms with E-state index in [-0.39, 0.29) is 19.0 Å². The van der Waals surface area contributed by atoms with Gasteiger partial charge in [0, 0.05) is 0 Å². The molecule has 11 heteroatoms. The van der Waals surface area contributed by atoms with Crippen molar-refractivity contribution in [1.29, 1.82) is 0 Å². The van der Waals surface area contributed by atoms with E-state index in [1.807, 2.05) is 0 Å². The first-order valence-electron chi connectivity index (χ1n) is 7.22. The maximum Gasteiger partial charge on any atom is 0.455 e. The molecule has 1 aromatic carbocycles. The lowest BCUT2D eigenvalue weighted by Gasteiger charge is -2.35. The van der Waals surface area contributed by atoms with Crippen LogP contribution < -0.4 is 9.82 Å².